The first-order valence-corrected chi connectivity index (χ1v) is 9.64. The molecule has 6 nitrogen and oxygen atoms in total. The van der Waals surface area contributed by atoms with Gasteiger partial charge in [0, 0.05) is 46.0 Å². The number of carbonyl (C=O) groups is 2. The standard InChI is InChI=1S/C21H17N3O3S/c1-13(20(26)17-11-23-18-7-3-2-6-16(17)18)27-19(25)9-15-12-28-21(24-15)14-5-4-8-22-10-14/h2-8,10-13,23H,9H2,1H3/t13-/m1/s1. The number of ether oxygens (including phenoxy) is 1. The number of thiazole rings is 1. The fourth-order valence-electron chi connectivity index (χ4n) is 2.94. The van der Waals surface area contributed by atoms with E-state index in [0.29, 0.717) is 11.3 Å². The Morgan fingerprint density at radius 1 is 1.21 bits per heavy atom. The third kappa shape index (κ3) is 3.70. The topological polar surface area (TPSA) is 84.9 Å². The molecule has 28 heavy (non-hydrogen) atoms. The second kappa shape index (κ2) is 7.74. The summed E-state index contributed by atoms with van der Waals surface area (Å²) in [5.41, 5.74) is 2.90. The molecule has 0 saturated heterocycles. The van der Waals surface area contributed by atoms with Crippen LogP contribution >= 0.6 is 11.3 Å². The van der Waals surface area contributed by atoms with Gasteiger partial charge in [0.15, 0.2) is 6.10 Å². The number of rotatable bonds is 6. The van der Waals surface area contributed by atoms with E-state index in [-0.39, 0.29) is 12.2 Å². The molecule has 0 radical (unpaired) electrons. The Labute approximate surface area is 165 Å². The molecule has 3 aromatic heterocycles. The van der Waals surface area contributed by atoms with Gasteiger partial charge in [-0.05, 0) is 25.1 Å². The van der Waals surface area contributed by atoms with E-state index in [0.717, 1.165) is 21.5 Å². The smallest absolute Gasteiger partial charge is 0.312 e. The summed E-state index contributed by atoms with van der Waals surface area (Å²) in [6.45, 7) is 1.59. The van der Waals surface area contributed by atoms with E-state index >= 15 is 0 Å². The fourth-order valence-corrected chi connectivity index (χ4v) is 3.76. The molecule has 0 unspecified atom stereocenters. The van der Waals surface area contributed by atoms with Crippen LogP contribution < -0.4 is 0 Å². The van der Waals surface area contributed by atoms with Crippen molar-refractivity contribution in [2.75, 3.05) is 0 Å². The number of aromatic amines is 1. The maximum absolute atomic E-state index is 12.7. The van der Waals surface area contributed by atoms with E-state index in [4.69, 9.17) is 4.74 Å². The number of nitrogens with zero attached hydrogens (tertiary/aromatic N) is 2. The zero-order valence-corrected chi connectivity index (χ0v) is 15.9. The van der Waals surface area contributed by atoms with Crippen molar-refractivity contribution < 1.29 is 14.3 Å². The lowest BCUT2D eigenvalue weighted by molar-refractivity contribution is -0.145. The summed E-state index contributed by atoms with van der Waals surface area (Å²) in [5, 5.41) is 3.42. The van der Waals surface area contributed by atoms with Gasteiger partial charge in [-0.1, -0.05) is 18.2 Å². The maximum atomic E-state index is 12.7. The van der Waals surface area contributed by atoms with Crippen molar-refractivity contribution >= 4 is 34.0 Å². The van der Waals surface area contributed by atoms with E-state index in [1.54, 1.807) is 25.5 Å². The highest BCUT2D eigenvalue weighted by molar-refractivity contribution is 7.13. The van der Waals surface area contributed by atoms with Crippen LogP contribution in [0.4, 0.5) is 0 Å². The number of Topliss-reactive ketones (excluding diaryl/α,β-unsaturated/α-hetero) is 1. The van der Waals surface area contributed by atoms with Crippen LogP contribution in [-0.4, -0.2) is 32.8 Å². The van der Waals surface area contributed by atoms with Crippen molar-refractivity contribution in [3.05, 3.63) is 71.6 Å². The van der Waals surface area contributed by atoms with Gasteiger partial charge in [0.1, 0.15) is 5.01 Å². The lowest BCUT2D eigenvalue weighted by atomic mass is 10.1. The van der Waals surface area contributed by atoms with Crippen molar-refractivity contribution in [2.24, 2.45) is 0 Å². The second-order valence-electron chi connectivity index (χ2n) is 6.31. The highest BCUT2D eigenvalue weighted by Gasteiger charge is 2.22. The van der Waals surface area contributed by atoms with Crippen molar-refractivity contribution in [2.45, 2.75) is 19.4 Å². The Bertz CT molecular complexity index is 1130. The van der Waals surface area contributed by atoms with Gasteiger partial charge < -0.3 is 9.72 Å². The predicted octanol–water partition coefficient (Wildman–Crippen LogP) is 4.04. The van der Waals surface area contributed by atoms with Gasteiger partial charge in [0.05, 0.1) is 12.1 Å². The van der Waals surface area contributed by atoms with Crippen LogP contribution in [0.15, 0.2) is 60.4 Å². The number of pyridine rings is 1. The first kappa shape index (κ1) is 18.1. The van der Waals surface area contributed by atoms with E-state index in [2.05, 4.69) is 15.0 Å². The number of benzene rings is 1. The summed E-state index contributed by atoms with van der Waals surface area (Å²) in [5.74, 6) is -0.719. The molecule has 1 aromatic carbocycles. The SMILES string of the molecule is C[C@@H](OC(=O)Cc1csc(-c2cccnc2)n1)C(=O)c1c[nH]c2ccccc12. The van der Waals surface area contributed by atoms with Crippen LogP contribution in [0.2, 0.25) is 0 Å². The Morgan fingerprint density at radius 2 is 2.07 bits per heavy atom. The van der Waals surface area contributed by atoms with Crippen LogP contribution in [-0.2, 0) is 16.0 Å². The first-order chi connectivity index (χ1) is 13.6. The quantitative estimate of drug-likeness (QED) is 0.396. The van der Waals surface area contributed by atoms with Gasteiger partial charge >= 0.3 is 5.97 Å². The molecule has 1 N–H and O–H groups in total. The Hall–Kier alpha value is -3.32. The number of H-pyrrole nitrogens is 1. The van der Waals surface area contributed by atoms with Gasteiger partial charge in [-0.25, -0.2) is 4.98 Å². The number of fused-ring (bicyclic) bond motifs is 1. The average Bonchev–Trinajstić information content (AvgIpc) is 3.35. The molecule has 4 rings (SSSR count). The minimum atomic E-state index is -0.872. The Kier molecular flexibility index (Phi) is 4.99. The lowest BCUT2D eigenvalue weighted by Gasteiger charge is -2.11. The number of esters is 1. The highest BCUT2D eigenvalue weighted by atomic mass is 32.1. The summed E-state index contributed by atoms with van der Waals surface area (Å²) in [6.07, 6.45) is 4.22. The number of hydrogen-bond donors (Lipinski definition) is 1. The van der Waals surface area contributed by atoms with Crippen molar-refractivity contribution in [3.63, 3.8) is 0 Å². The van der Waals surface area contributed by atoms with Gasteiger partial charge in [-0.3, -0.25) is 14.6 Å². The van der Waals surface area contributed by atoms with Crippen molar-refractivity contribution in [1.82, 2.24) is 15.0 Å². The third-order valence-electron chi connectivity index (χ3n) is 4.32. The zero-order valence-electron chi connectivity index (χ0n) is 15.1. The highest BCUT2D eigenvalue weighted by Crippen LogP contribution is 2.23. The minimum Gasteiger partial charge on any atom is -0.454 e. The predicted molar refractivity (Wildman–Crippen MR) is 107 cm³/mol. The molecule has 0 fully saturated rings. The van der Waals surface area contributed by atoms with Gasteiger partial charge in [0.25, 0.3) is 0 Å². The van der Waals surface area contributed by atoms with Crippen LogP contribution in [0.3, 0.4) is 0 Å². The maximum Gasteiger partial charge on any atom is 0.312 e. The molecule has 3 heterocycles. The summed E-state index contributed by atoms with van der Waals surface area (Å²) in [7, 11) is 0. The monoisotopic (exact) mass is 391 g/mol. The zero-order chi connectivity index (χ0) is 19.5. The first-order valence-electron chi connectivity index (χ1n) is 8.76. The minimum absolute atomic E-state index is 0.0161. The number of aromatic nitrogens is 3. The number of hydrogen-bond acceptors (Lipinski definition) is 6. The van der Waals surface area contributed by atoms with Crippen molar-refractivity contribution in [3.8, 4) is 10.6 Å². The fraction of sp³-hybridized carbons (Fsp3) is 0.143. The van der Waals surface area contributed by atoms with Crippen LogP contribution in [0, 0.1) is 0 Å². The second-order valence-corrected chi connectivity index (χ2v) is 7.16. The average molecular weight is 391 g/mol. The van der Waals surface area contributed by atoms with Crippen LogP contribution in [0.25, 0.3) is 21.5 Å². The number of ketones is 1. The molecule has 0 saturated carbocycles. The Balaban J connectivity index is 1.41. The van der Waals surface area contributed by atoms with Gasteiger partial charge in [-0.2, -0.15) is 0 Å². The van der Waals surface area contributed by atoms with E-state index in [1.807, 2.05) is 41.8 Å². The van der Waals surface area contributed by atoms with Gasteiger partial charge in [0.2, 0.25) is 5.78 Å². The molecule has 1 atom stereocenters. The normalized spacial score (nSPS) is 12.0. The third-order valence-corrected chi connectivity index (χ3v) is 5.26. The number of carbonyl (C=O) groups excluding carboxylic acids is 2. The van der Waals surface area contributed by atoms with E-state index < -0.39 is 12.1 Å². The summed E-state index contributed by atoms with van der Waals surface area (Å²) in [4.78, 5) is 36.5. The lowest BCUT2D eigenvalue weighted by Crippen LogP contribution is -2.25. The van der Waals surface area contributed by atoms with Gasteiger partial charge in [-0.15, -0.1) is 11.3 Å². The van der Waals surface area contributed by atoms with Crippen LogP contribution in [0.1, 0.15) is 23.0 Å². The molecule has 7 heteroatoms. The Morgan fingerprint density at radius 3 is 2.89 bits per heavy atom. The molecule has 0 aliphatic carbocycles. The summed E-state index contributed by atoms with van der Waals surface area (Å²) >= 11 is 1.44. The summed E-state index contributed by atoms with van der Waals surface area (Å²) in [6, 6.07) is 11.3. The molecule has 4 aromatic rings. The molecular weight excluding hydrogens is 374 g/mol. The molecule has 0 amide bonds. The van der Waals surface area contributed by atoms with Crippen molar-refractivity contribution in [1.29, 1.82) is 0 Å². The molecular formula is C21H17N3O3S. The molecule has 140 valence electrons. The summed E-state index contributed by atoms with van der Waals surface area (Å²) < 4.78 is 5.35. The number of nitrogens with one attached hydrogen (secondary N) is 1. The molecule has 0 aliphatic rings. The molecule has 0 spiro atoms. The van der Waals surface area contributed by atoms with E-state index in [1.165, 1.54) is 11.3 Å². The molecule has 0 aliphatic heterocycles. The number of para-hydroxylation sites is 1. The molecule has 0 bridgehead atoms. The van der Waals surface area contributed by atoms with E-state index in [9.17, 15) is 9.59 Å². The van der Waals surface area contributed by atoms with Crippen LogP contribution in [0.5, 0.6) is 0 Å². The largest absolute Gasteiger partial charge is 0.454 e.